The molecule has 1 aromatic carbocycles. The van der Waals surface area contributed by atoms with Gasteiger partial charge in [0.1, 0.15) is 0 Å². The Labute approximate surface area is 112 Å². The Bertz CT molecular complexity index is 471. The summed E-state index contributed by atoms with van der Waals surface area (Å²) in [6, 6.07) is 6.98. The maximum absolute atomic E-state index is 11.9. The third-order valence-corrected chi connectivity index (χ3v) is 3.51. The minimum absolute atomic E-state index is 0.244. The van der Waals surface area contributed by atoms with Gasteiger partial charge in [-0.05, 0) is 43.7 Å². The van der Waals surface area contributed by atoms with Gasteiger partial charge in [0, 0.05) is 5.71 Å². The van der Waals surface area contributed by atoms with Crippen molar-refractivity contribution in [1.82, 2.24) is 5.43 Å². The Morgan fingerprint density at radius 3 is 2.94 bits per heavy atom. The van der Waals surface area contributed by atoms with Crippen molar-refractivity contribution in [3.8, 4) is 0 Å². The monoisotopic (exact) mass is 264 g/mol. The van der Waals surface area contributed by atoms with Crippen LogP contribution in [0.15, 0.2) is 29.4 Å². The molecule has 1 amide bonds. The molecule has 0 radical (unpaired) electrons. The van der Waals surface area contributed by atoms with Gasteiger partial charge in [0.25, 0.3) is 5.91 Å². The van der Waals surface area contributed by atoms with Crippen molar-refractivity contribution in [1.29, 1.82) is 0 Å². The van der Waals surface area contributed by atoms with Gasteiger partial charge >= 0.3 is 0 Å². The number of benzene rings is 1. The second-order valence-electron chi connectivity index (χ2n) is 4.80. The summed E-state index contributed by atoms with van der Waals surface area (Å²) in [4.78, 5) is 11.9. The molecule has 18 heavy (non-hydrogen) atoms. The fourth-order valence-electron chi connectivity index (χ4n) is 2.20. The first-order valence-corrected chi connectivity index (χ1v) is 6.65. The van der Waals surface area contributed by atoms with E-state index >= 15 is 0 Å². The molecule has 0 heterocycles. The highest BCUT2D eigenvalue weighted by molar-refractivity contribution is 6.33. The second-order valence-corrected chi connectivity index (χ2v) is 5.21. The molecule has 1 atom stereocenters. The van der Waals surface area contributed by atoms with E-state index in [1.165, 1.54) is 6.42 Å². The molecule has 0 spiro atoms. The van der Waals surface area contributed by atoms with Crippen molar-refractivity contribution in [2.75, 3.05) is 0 Å². The van der Waals surface area contributed by atoms with E-state index in [9.17, 15) is 4.79 Å². The molecular formula is C14H17ClN2O. The average molecular weight is 265 g/mol. The molecule has 1 aliphatic rings. The maximum Gasteiger partial charge on any atom is 0.272 e. The lowest BCUT2D eigenvalue weighted by Crippen LogP contribution is -2.22. The van der Waals surface area contributed by atoms with Crippen LogP contribution in [0, 0.1) is 5.92 Å². The summed E-state index contributed by atoms with van der Waals surface area (Å²) in [7, 11) is 0. The lowest BCUT2D eigenvalue weighted by Gasteiger charge is -2.18. The van der Waals surface area contributed by atoms with Crippen LogP contribution in [0.2, 0.25) is 5.02 Å². The van der Waals surface area contributed by atoms with Gasteiger partial charge < -0.3 is 0 Å². The minimum atomic E-state index is -0.244. The largest absolute Gasteiger partial charge is 0.272 e. The smallest absolute Gasteiger partial charge is 0.267 e. The zero-order valence-corrected chi connectivity index (χ0v) is 11.2. The number of hydrogen-bond acceptors (Lipinski definition) is 2. The third kappa shape index (κ3) is 3.33. The normalized spacial score (nSPS) is 21.9. The molecule has 1 aliphatic carbocycles. The molecule has 1 fully saturated rings. The molecule has 0 unspecified atom stereocenters. The van der Waals surface area contributed by atoms with E-state index in [-0.39, 0.29) is 5.91 Å². The first kappa shape index (κ1) is 13.1. The lowest BCUT2D eigenvalue weighted by atomic mass is 9.89. The van der Waals surface area contributed by atoms with Crippen LogP contribution in [0.3, 0.4) is 0 Å². The van der Waals surface area contributed by atoms with Gasteiger partial charge in [0.15, 0.2) is 0 Å². The molecule has 0 aliphatic heterocycles. The standard InChI is InChI=1S/C14H17ClN2O/c1-10-5-4-6-11(9-10)16-17-14(18)12-7-2-3-8-13(12)15/h2-3,7-8,10H,4-6,9H2,1H3,(H,17,18)/b16-11+/t10-/m1/s1. The van der Waals surface area contributed by atoms with Crippen molar-refractivity contribution >= 4 is 23.2 Å². The topological polar surface area (TPSA) is 41.5 Å². The summed E-state index contributed by atoms with van der Waals surface area (Å²) >= 11 is 5.95. The Morgan fingerprint density at radius 2 is 2.22 bits per heavy atom. The Morgan fingerprint density at radius 1 is 1.44 bits per heavy atom. The quantitative estimate of drug-likeness (QED) is 0.814. The van der Waals surface area contributed by atoms with E-state index in [0.717, 1.165) is 25.0 Å². The van der Waals surface area contributed by atoms with Crippen molar-refractivity contribution in [2.45, 2.75) is 32.6 Å². The summed E-state index contributed by atoms with van der Waals surface area (Å²) in [6.45, 7) is 2.21. The Balaban J connectivity index is 2.00. The fourth-order valence-corrected chi connectivity index (χ4v) is 2.42. The van der Waals surface area contributed by atoms with Crippen LogP contribution < -0.4 is 5.43 Å². The first-order chi connectivity index (χ1) is 8.66. The highest BCUT2D eigenvalue weighted by atomic mass is 35.5. The van der Waals surface area contributed by atoms with Gasteiger partial charge in [-0.25, -0.2) is 5.43 Å². The highest BCUT2D eigenvalue weighted by Gasteiger charge is 2.15. The number of halogens is 1. The van der Waals surface area contributed by atoms with Gasteiger partial charge in [0.2, 0.25) is 0 Å². The summed E-state index contributed by atoms with van der Waals surface area (Å²) < 4.78 is 0. The van der Waals surface area contributed by atoms with E-state index in [2.05, 4.69) is 17.5 Å². The summed E-state index contributed by atoms with van der Waals surface area (Å²) in [5.74, 6) is 0.418. The summed E-state index contributed by atoms with van der Waals surface area (Å²) in [6.07, 6.45) is 4.36. The molecule has 3 nitrogen and oxygen atoms in total. The number of hydrogen-bond donors (Lipinski definition) is 1. The fraction of sp³-hybridized carbons (Fsp3) is 0.429. The van der Waals surface area contributed by atoms with Crippen molar-refractivity contribution in [2.24, 2.45) is 11.0 Å². The number of rotatable bonds is 2. The maximum atomic E-state index is 11.9. The molecule has 4 heteroatoms. The molecule has 0 bridgehead atoms. The van der Waals surface area contributed by atoms with Gasteiger partial charge in [-0.15, -0.1) is 0 Å². The van der Waals surface area contributed by atoms with Crippen molar-refractivity contribution < 1.29 is 4.79 Å². The molecule has 1 aromatic rings. The molecule has 0 saturated heterocycles. The number of hydrazone groups is 1. The zero-order valence-electron chi connectivity index (χ0n) is 10.4. The number of carbonyl (C=O) groups is 1. The number of nitrogens with one attached hydrogen (secondary N) is 1. The summed E-state index contributed by atoms with van der Waals surface area (Å²) in [5, 5.41) is 4.66. The zero-order chi connectivity index (χ0) is 13.0. The second kappa shape index (κ2) is 6.01. The van der Waals surface area contributed by atoms with Crippen LogP contribution in [0.1, 0.15) is 43.0 Å². The van der Waals surface area contributed by atoms with Gasteiger partial charge in [-0.1, -0.05) is 30.7 Å². The molecule has 0 aromatic heterocycles. The average Bonchev–Trinajstić information content (AvgIpc) is 2.37. The molecule has 1 saturated carbocycles. The van der Waals surface area contributed by atoms with E-state index < -0.39 is 0 Å². The SMILES string of the molecule is C[C@@H]1CCC/C(=N\NC(=O)c2ccccc2Cl)C1. The summed E-state index contributed by atoms with van der Waals surface area (Å²) in [5.41, 5.74) is 4.14. The van der Waals surface area contributed by atoms with Crippen LogP contribution in [0.5, 0.6) is 0 Å². The predicted molar refractivity (Wildman–Crippen MR) is 74.0 cm³/mol. The number of nitrogens with zero attached hydrogens (tertiary/aromatic N) is 1. The van der Waals surface area contributed by atoms with Crippen LogP contribution in [-0.4, -0.2) is 11.6 Å². The van der Waals surface area contributed by atoms with Crippen LogP contribution >= 0.6 is 11.6 Å². The number of carbonyl (C=O) groups excluding carboxylic acids is 1. The Hall–Kier alpha value is -1.35. The number of amides is 1. The highest BCUT2D eigenvalue weighted by Crippen LogP contribution is 2.21. The van der Waals surface area contributed by atoms with E-state index in [1.54, 1.807) is 24.3 Å². The third-order valence-electron chi connectivity index (χ3n) is 3.18. The molecule has 1 N–H and O–H groups in total. The van der Waals surface area contributed by atoms with Gasteiger partial charge in [-0.2, -0.15) is 5.10 Å². The van der Waals surface area contributed by atoms with Crippen LogP contribution in [0.25, 0.3) is 0 Å². The first-order valence-electron chi connectivity index (χ1n) is 6.27. The van der Waals surface area contributed by atoms with Crippen LogP contribution in [-0.2, 0) is 0 Å². The van der Waals surface area contributed by atoms with E-state index in [1.807, 2.05) is 0 Å². The van der Waals surface area contributed by atoms with Crippen molar-refractivity contribution in [3.05, 3.63) is 34.9 Å². The van der Waals surface area contributed by atoms with E-state index in [0.29, 0.717) is 16.5 Å². The molecule has 96 valence electrons. The van der Waals surface area contributed by atoms with Gasteiger partial charge in [0.05, 0.1) is 10.6 Å². The molecule has 2 rings (SSSR count). The molecular weight excluding hydrogens is 248 g/mol. The minimum Gasteiger partial charge on any atom is -0.267 e. The van der Waals surface area contributed by atoms with Crippen molar-refractivity contribution in [3.63, 3.8) is 0 Å². The lowest BCUT2D eigenvalue weighted by molar-refractivity contribution is 0.0954. The predicted octanol–water partition coefficient (Wildman–Crippen LogP) is 3.64. The Kier molecular flexibility index (Phi) is 4.37. The van der Waals surface area contributed by atoms with Gasteiger partial charge in [-0.3, -0.25) is 4.79 Å². The van der Waals surface area contributed by atoms with E-state index in [4.69, 9.17) is 11.6 Å². The van der Waals surface area contributed by atoms with Crippen LogP contribution in [0.4, 0.5) is 0 Å².